The third-order valence-electron chi connectivity index (χ3n) is 12.3. The normalized spacial score (nSPS) is 20.0. The zero-order valence-corrected chi connectivity index (χ0v) is 40.9. The summed E-state index contributed by atoms with van der Waals surface area (Å²) in [5.41, 5.74) is -3.23. The van der Waals surface area contributed by atoms with E-state index in [1.807, 2.05) is 13.8 Å². The maximum atomic E-state index is 12.7. The molecule has 6 atom stereocenters. The molecular formula is C50H96O9. The summed E-state index contributed by atoms with van der Waals surface area (Å²) in [5.74, 6) is -0.351. The summed E-state index contributed by atoms with van der Waals surface area (Å²) >= 11 is 0. The van der Waals surface area contributed by atoms with Gasteiger partial charge in [0.15, 0.2) is 0 Å². The second kappa shape index (κ2) is 27.9. The molecule has 6 unspecified atom stereocenters. The van der Waals surface area contributed by atoms with Gasteiger partial charge in [-0.2, -0.15) is 0 Å². The van der Waals surface area contributed by atoms with Crippen molar-refractivity contribution in [3.63, 3.8) is 0 Å². The lowest BCUT2D eigenvalue weighted by atomic mass is 9.65. The first-order chi connectivity index (χ1) is 27.5. The highest BCUT2D eigenvalue weighted by Gasteiger charge is 2.57. The summed E-state index contributed by atoms with van der Waals surface area (Å²) in [6, 6.07) is 0. The van der Waals surface area contributed by atoms with E-state index in [0.717, 1.165) is 25.7 Å². The van der Waals surface area contributed by atoms with Gasteiger partial charge in [0, 0.05) is 37.2 Å². The maximum Gasteiger partial charge on any atom is 0.306 e. The zero-order valence-electron chi connectivity index (χ0n) is 40.9. The molecule has 0 aromatic carbocycles. The Bertz CT molecular complexity index is 1120. The van der Waals surface area contributed by atoms with Crippen LogP contribution in [0, 0.1) is 17.8 Å². The van der Waals surface area contributed by atoms with Gasteiger partial charge in [0.1, 0.15) is 6.10 Å². The predicted molar refractivity (Wildman–Crippen MR) is 243 cm³/mol. The highest BCUT2D eigenvalue weighted by atomic mass is 16.6. The number of hydrogen-bond acceptors (Lipinski definition) is 9. The molecule has 0 bridgehead atoms. The first-order valence-corrected chi connectivity index (χ1v) is 23.9. The minimum Gasteiger partial charge on any atom is -0.463 e. The zero-order chi connectivity index (χ0) is 44.8. The number of carbonyl (C=O) groups excluding carboxylic acids is 1. The van der Waals surface area contributed by atoms with E-state index in [9.17, 15) is 15.0 Å². The number of unbranched alkanes of at least 4 members (excludes halogenated alkanes) is 11. The van der Waals surface area contributed by atoms with E-state index in [-0.39, 0.29) is 42.5 Å². The minimum absolute atomic E-state index is 0.0116. The van der Waals surface area contributed by atoms with Crippen LogP contribution in [-0.4, -0.2) is 95.5 Å². The lowest BCUT2D eigenvalue weighted by molar-refractivity contribution is -0.175. The Morgan fingerprint density at radius 3 is 1.88 bits per heavy atom. The lowest BCUT2D eigenvalue weighted by Crippen LogP contribution is -2.55. The quantitative estimate of drug-likeness (QED) is 0.0366. The molecule has 0 radical (unpaired) electrons. The van der Waals surface area contributed by atoms with Crippen molar-refractivity contribution in [3.05, 3.63) is 12.2 Å². The fraction of sp³-hybridized carbons (Fsp3) is 0.940. The second-order valence-electron chi connectivity index (χ2n) is 20.6. The Hall–Kier alpha value is -1.07. The van der Waals surface area contributed by atoms with Gasteiger partial charge in [0.25, 0.3) is 0 Å². The van der Waals surface area contributed by atoms with Crippen LogP contribution in [0.1, 0.15) is 206 Å². The molecule has 1 fully saturated rings. The van der Waals surface area contributed by atoms with Gasteiger partial charge >= 0.3 is 5.97 Å². The van der Waals surface area contributed by atoms with Crippen LogP contribution in [0.25, 0.3) is 0 Å². The molecule has 0 saturated carbocycles. The van der Waals surface area contributed by atoms with Crippen LogP contribution in [0.15, 0.2) is 12.2 Å². The number of ether oxygens (including phenoxy) is 6. The Kier molecular flexibility index (Phi) is 26.4. The van der Waals surface area contributed by atoms with Gasteiger partial charge in [0.05, 0.1) is 66.6 Å². The summed E-state index contributed by atoms with van der Waals surface area (Å²) in [6.07, 6.45) is 21.7. The van der Waals surface area contributed by atoms with Crippen molar-refractivity contribution < 1.29 is 43.4 Å². The van der Waals surface area contributed by atoms with Crippen LogP contribution in [0.2, 0.25) is 0 Å². The average Bonchev–Trinajstić information content (AvgIpc) is 3.58. The Morgan fingerprint density at radius 1 is 0.746 bits per heavy atom. The van der Waals surface area contributed by atoms with Crippen molar-refractivity contribution in [2.75, 3.05) is 33.0 Å². The smallest absolute Gasteiger partial charge is 0.306 e. The van der Waals surface area contributed by atoms with Gasteiger partial charge in [0.2, 0.25) is 0 Å². The third kappa shape index (κ3) is 23.8. The van der Waals surface area contributed by atoms with Crippen molar-refractivity contribution in [2.45, 2.75) is 252 Å². The molecular weight excluding hydrogens is 745 g/mol. The van der Waals surface area contributed by atoms with E-state index in [1.54, 1.807) is 20.8 Å². The summed E-state index contributed by atoms with van der Waals surface area (Å²) in [6.45, 7) is 30.6. The van der Waals surface area contributed by atoms with Crippen LogP contribution in [0.5, 0.6) is 0 Å². The fourth-order valence-electron chi connectivity index (χ4n) is 8.64. The molecule has 1 aliphatic heterocycles. The summed E-state index contributed by atoms with van der Waals surface area (Å²) in [5, 5.41) is 20.7. The summed E-state index contributed by atoms with van der Waals surface area (Å²) in [7, 11) is 0. The van der Waals surface area contributed by atoms with E-state index in [0.29, 0.717) is 52.1 Å². The van der Waals surface area contributed by atoms with Crippen molar-refractivity contribution in [1.82, 2.24) is 0 Å². The number of rotatable bonds is 35. The van der Waals surface area contributed by atoms with E-state index >= 15 is 0 Å². The SMILES string of the molecule is CCCCCCCC/C=C\CCCCCCCC(=O)OC(C)CCOC(C)(C)CC(C1OCC(C(C)(C)OCC)C1C(C)(C)OCC(C)O)C(C)(C)OCCC(C)(C)O. The second-order valence-corrected chi connectivity index (χ2v) is 20.6. The van der Waals surface area contributed by atoms with Crippen LogP contribution in [0.4, 0.5) is 0 Å². The molecule has 0 aromatic rings. The van der Waals surface area contributed by atoms with Gasteiger partial charge in [-0.3, -0.25) is 4.79 Å². The van der Waals surface area contributed by atoms with Gasteiger partial charge in [-0.25, -0.2) is 0 Å². The topological polar surface area (TPSA) is 113 Å². The highest BCUT2D eigenvalue weighted by molar-refractivity contribution is 5.69. The third-order valence-corrected chi connectivity index (χ3v) is 12.3. The van der Waals surface area contributed by atoms with E-state index in [1.165, 1.54) is 57.8 Å². The largest absolute Gasteiger partial charge is 0.463 e. The van der Waals surface area contributed by atoms with Crippen LogP contribution < -0.4 is 0 Å². The molecule has 2 N–H and O–H groups in total. The molecule has 0 spiro atoms. The van der Waals surface area contributed by atoms with Gasteiger partial charge < -0.3 is 38.6 Å². The number of aliphatic hydroxyl groups is 2. The van der Waals surface area contributed by atoms with Gasteiger partial charge in [-0.1, -0.05) is 70.4 Å². The van der Waals surface area contributed by atoms with Crippen LogP contribution >= 0.6 is 0 Å². The monoisotopic (exact) mass is 841 g/mol. The van der Waals surface area contributed by atoms with Gasteiger partial charge in [-0.05, 0) is 135 Å². The standard InChI is InChI=1S/C50H96O9/c1-15-17-18-19-20-21-22-23-24-25-26-27-28-29-30-31-43(52)59-40(4)32-34-56-47(7,8)36-41(48(9,10)57-35-33-46(5,6)53)45-44(50(13,14)58-37-39(3)51)42(38-54-45)49(11,12)55-16-2/h23-24,39-42,44-45,51,53H,15-22,25-38H2,1-14H3/b24-23-. The van der Waals surface area contributed by atoms with E-state index < -0.39 is 34.1 Å². The number of esters is 1. The highest BCUT2D eigenvalue weighted by Crippen LogP contribution is 2.50. The molecule has 1 rings (SSSR count). The Labute approximate surface area is 363 Å². The number of allylic oxidation sites excluding steroid dienone is 2. The molecule has 59 heavy (non-hydrogen) atoms. The van der Waals surface area contributed by atoms with Crippen molar-refractivity contribution in [3.8, 4) is 0 Å². The van der Waals surface area contributed by atoms with E-state index in [2.05, 4.69) is 74.5 Å². The summed E-state index contributed by atoms with van der Waals surface area (Å²) < 4.78 is 38.8. The molecule has 0 amide bonds. The lowest BCUT2D eigenvalue weighted by Gasteiger charge is -2.48. The minimum atomic E-state index is -0.853. The molecule has 0 aromatic heterocycles. The van der Waals surface area contributed by atoms with Crippen molar-refractivity contribution in [2.24, 2.45) is 17.8 Å². The Balaban J connectivity index is 2.83. The first kappa shape index (κ1) is 55.9. The predicted octanol–water partition coefficient (Wildman–Crippen LogP) is 11.7. The molecule has 1 saturated heterocycles. The summed E-state index contributed by atoms with van der Waals surface area (Å²) in [4.78, 5) is 12.7. The average molecular weight is 841 g/mol. The molecule has 1 aliphatic rings. The number of aliphatic hydroxyl groups excluding tert-OH is 1. The molecule has 9 nitrogen and oxygen atoms in total. The van der Waals surface area contributed by atoms with Crippen molar-refractivity contribution >= 4 is 5.97 Å². The molecule has 0 aliphatic carbocycles. The fourth-order valence-corrected chi connectivity index (χ4v) is 8.64. The Morgan fingerprint density at radius 2 is 1.32 bits per heavy atom. The number of carbonyl (C=O) groups is 1. The molecule has 350 valence electrons. The van der Waals surface area contributed by atoms with Crippen LogP contribution in [0.3, 0.4) is 0 Å². The maximum absolute atomic E-state index is 12.7. The van der Waals surface area contributed by atoms with Crippen molar-refractivity contribution in [1.29, 1.82) is 0 Å². The first-order valence-electron chi connectivity index (χ1n) is 23.9. The molecule has 1 heterocycles. The van der Waals surface area contributed by atoms with Gasteiger partial charge in [-0.15, -0.1) is 0 Å². The number of hydrogen-bond donors (Lipinski definition) is 2. The van der Waals surface area contributed by atoms with Crippen LogP contribution in [-0.2, 0) is 33.2 Å². The molecule has 9 heteroatoms. The van der Waals surface area contributed by atoms with E-state index in [4.69, 9.17) is 28.4 Å².